The van der Waals surface area contributed by atoms with Gasteiger partial charge in [-0.3, -0.25) is 19.4 Å². The van der Waals surface area contributed by atoms with Gasteiger partial charge in [-0.25, -0.2) is 9.36 Å². The number of aromatic nitrogens is 5. The lowest BCUT2D eigenvalue weighted by Gasteiger charge is -2.09. The van der Waals surface area contributed by atoms with Gasteiger partial charge in [0, 0.05) is 42.6 Å². The molecule has 1 fully saturated rings. The van der Waals surface area contributed by atoms with E-state index in [1.165, 1.54) is 16.8 Å². The number of amides is 1. The zero-order valence-corrected chi connectivity index (χ0v) is 15.7. The van der Waals surface area contributed by atoms with Gasteiger partial charge < -0.3 is 5.32 Å². The van der Waals surface area contributed by atoms with Gasteiger partial charge in [0.15, 0.2) is 0 Å². The number of hydrogen-bond acceptors (Lipinski definition) is 6. The monoisotopic (exact) mass is 392 g/mol. The molecule has 0 bridgehead atoms. The van der Waals surface area contributed by atoms with Crippen molar-refractivity contribution >= 4 is 5.91 Å². The van der Waals surface area contributed by atoms with Crippen molar-refractivity contribution in [3.63, 3.8) is 0 Å². The van der Waals surface area contributed by atoms with Crippen LogP contribution in [0.15, 0.2) is 58.4 Å². The van der Waals surface area contributed by atoms with Crippen molar-refractivity contribution in [2.45, 2.75) is 31.8 Å². The third-order valence-corrected chi connectivity index (χ3v) is 4.66. The van der Waals surface area contributed by atoms with Crippen LogP contribution in [0, 0.1) is 0 Å². The normalized spacial score (nSPS) is 13.2. The smallest absolute Gasteiger partial charge is 0.267 e. The highest BCUT2D eigenvalue weighted by molar-refractivity contribution is 5.75. The summed E-state index contributed by atoms with van der Waals surface area (Å²) in [6.45, 7) is 0.297. The van der Waals surface area contributed by atoms with Gasteiger partial charge >= 0.3 is 0 Å². The molecule has 0 saturated heterocycles. The maximum absolute atomic E-state index is 12.2. The molecule has 1 aliphatic rings. The zero-order chi connectivity index (χ0) is 20.2. The molecule has 0 aromatic carbocycles. The molecule has 3 heterocycles. The van der Waals surface area contributed by atoms with Gasteiger partial charge in [-0.2, -0.15) is 10.2 Å². The fourth-order valence-corrected chi connectivity index (χ4v) is 2.95. The summed E-state index contributed by atoms with van der Waals surface area (Å²) in [6.07, 6.45) is 5.46. The first-order chi connectivity index (χ1) is 14.1. The summed E-state index contributed by atoms with van der Waals surface area (Å²) < 4.78 is 2.48. The predicted molar refractivity (Wildman–Crippen MR) is 105 cm³/mol. The summed E-state index contributed by atoms with van der Waals surface area (Å²) in [5, 5.41) is 11.3. The number of nitrogens with one attached hydrogen (secondary N) is 1. The van der Waals surface area contributed by atoms with Crippen LogP contribution in [0.5, 0.6) is 0 Å². The van der Waals surface area contributed by atoms with Crippen molar-refractivity contribution in [2.75, 3.05) is 6.54 Å². The molecule has 0 spiro atoms. The maximum atomic E-state index is 12.2. The molecule has 0 aliphatic heterocycles. The van der Waals surface area contributed by atoms with E-state index in [9.17, 15) is 14.4 Å². The molecule has 3 aromatic heterocycles. The molecule has 0 unspecified atom stereocenters. The molecule has 1 aliphatic carbocycles. The second-order valence-electron chi connectivity index (χ2n) is 6.89. The highest BCUT2D eigenvalue weighted by atomic mass is 16.2. The van der Waals surface area contributed by atoms with E-state index in [1.807, 2.05) is 0 Å². The Labute approximate surface area is 166 Å². The fraction of sp³-hybridized carbons (Fsp3) is 0.300. The fourth-order valence-electron chi connectivity index (χ4n) is 2.95. The Morgan fingerprint density at radius 3 is 2.45 bits per heavy atom. The molecule has 4 rings (SSSR count). The highest BCUT2D eigenvalue weighted by Crippen LogP contribution is 2.38. The summed E-state index contributed by atoms with van der Waals surface area (Å²) in [7, 11) is 0. The Balaban J connectivity index is 1.37. The molecular formula is C20H20N6O3. The minimum absolute atomic E-state index is 0.202. The molecule has 148 valence electrons. The lowest BCUT2D eigenvalue weighted by molar-refractivity contribution is -0.121. The standard InChI is InChI=1S/C20H20N6O3/c27-18(22-11-12-25-19(28)5-3-16(23-25)14-1-2-14)13-26-20(29)6-4-17(24-26)15-7-9-21-10-8-15/h3-10,14H,1-2,11-13H2,(H,22,27). The summed E-state index contributed by atoms with van der Waals surface area (Å²) in [4.78, 5) is 40.2. The van der Waals surface area contributed by atoms with Gasteiger partial charge in [-0.1, -0.05) is 0 Å². The molecule has 0 atom stereocenters. The lowest BCUT2D eigenvalue weighted by atomic mass is 10.2. The zero-order valence-electron chi connectivity index (χ0n) is 15.7. The molecule has 1 N–H and O–H groups in total. The van der Waals surface area contributed by atoms with E-state index < -0.39 is 0 Å². The quantitative estimate of drug-likeness (QED) is 0.629. The maximum Gasteiger partial charge on any atom is 0.267 e. The van der Waals surface area contributed by atoms with E-state index in [0.29, 0.717) is 11.6 Å². The Morgan fingerprint density at radius 1 is 0.966 bits per heavy atom. The van der Waals surface area contributed by atoms with Gasteiger partial charge in [-0.15, -0.1) is 0 Å². The van der Waals surface area contributed by atoms with Gasteiger partial charge in [0.25, 0.3) is 11.1 Å². The van der Waals surface area contributed by atoms with Crippen molar-refractivity contribution in [1.29, 1.82) is 0 Å². The van der Waals surface area contributed by atoms with E-state index in [4.69, 9.17) is 0 Å². The molecule has 29 heavy (non-hydrogen) atoms. The number of hydrogen-bond donors (Lipinski definition) is 1. The highest BCUT2D eigenvalue weighted by Gasteiger charge is 2.25. The van der Waals surface area contributed by atoms with Gasteiger partial charge in [0.05, 0.1) is 17.9 Å². The molecule has 1 amide bonds. The van der Waals surface area contributed by atoms with Crippen LogP contribution >= 0.6 is 0 Å². The lowest BCUT2D eigenvalue weighted by Crippen LogP contribution is -2.36. The van der Waals surface area contributed by atoms with Crippen molar-refractivity contribution in [2.24, 2.45) is 0 Å². The first kappa shape index (κ1) is 18.7. The Bertz CT molecular complexity index is 1130. The second kappa shape index (κ2) is 8.17. The molecule has 3 aromatic rings. The van der Waals surface area contributed by atoms with E-state index >= 15 is 0 Å². The number of nitrogens with zero attached hydrogens (tertiary/aromatic N) is 5. The van der Waals surface area contributed by atoms with E-state index in [1.54, 1.807) is 36.7 Å². The average Bonchev–Trinajstić information content (AvgIpc) is 3.57. The molecular weight excluding hydrogens is 372 g/mol. The number of rotatable bonds is 7. The van der Waals surface area contributed by atoms with Crippen molar-refractivity contribution < 1.29 is 4.79 Å². The topological polar surface area (TPSA) is 112 Å². The second-order valence-corrected chi connectivity index (χ2v) is 6.89. The first-order valence-electron chi connectivity index (χ1n) is 9.43. The number of carbonyl (C=O) groups is 1. The Kier molecular flexibility index (Phi) is 5.28. The predicted octanol–water partition coefficient (Wildman–Crippen LogP) is 0.556. The van der Waals surface area contributed by atoms with Crippen LogP contribution < -0.4 is 16.4 Å². The summed E-state index contributed by atoms with van der Waals surface area (Å²) in [5.74, 6) is 0.0833. The molecule has 0 radical (unpaired) electrons. The van der Waals surface area contributed by atoms with Crippen molar-refractivity contribution in [3.8, 4) is 11.3 Å². The van der Waals surface area contributed by atoms with Crippen LogP contribution in [0.1, 0.15) is 24.5 Å². The summed E-state index contributed by atoms with van der Waals surface area (Å²) in [5.41, 5.74) is 1.72. The van der Waals surface area contributed by atoms with Gasteiger partial charge in [0.2, 0.25) is 5.91 Å². The number of carbonyl (C=O) groups excluding carboxylic acids is 1. The van der Waals surface area contributed by atoms with Crippen LogP contribution in [0.4, 0.5) is 0 Å². The molecule has 9 heteroatoms. The van der Waals surface area contributed by atoms with Crippen molar-refractivity contribution in [3.05, 3.63) is 75.2 Å². The van der Waals surface area contributed by atoms with Crippen LogP contribution in [0.2, 0.25) is 0 Å². The van der Waals surface area contributed by atoms with Crippen LogP contribution in [0.25, 0.3) is 11.3 Å². The molecule has 9 nitrogen and oxygen atoms in total. The number of pyridine rings is 1. The Hall–Kier alpha value is -3.62. The third-order valence-electron chi connectivity index (χ3n) is 4.66. The SMILES string of the molecule is O=C(Cn1nc(-c2ccncc2)ccc1=O)NCCn1nc(C2CC2)ccc1=O. The van der Waals surface area contributed by atoms with Crippen LogP contribution in [-0.2, 0) is 17.9 Å². The largest absolute Gasteiger partial charge is 0.353 e. The molecule has 1 saturated carbocycles. The van der Waals surface area contributed by atoms with Gasteiger partial charge in [0.1, 0.15) is 6.54 Å². The Morgan fingerprint density at radius 2 is 1.69 bits per heavy atom. The van der Waals surface area contributed by atoms with E-state index in [0.717, 1.165) is 28.8 Å². The average molecular weight is 392 g/mol. The first-order valence-corrected chi connectivity index (χ1v) is 9.43. The van der Waals surface area contributed by atoms with Crippen molar-refractivity contribution in [1.82, 2.24) is 29.9 Å². The summed E-state index contributed by atoms with van der Waals surface area (Å²) in [6, 6.07) is 9.81. The van der Waals surface area contributed by atoms with E-state index in [-0.39, 0.29) is 36.7 Å². The third kappa shape index (κ3) is 4.63. The summed E-state index contributed by atoms with van der Waals surface area (Å²) >= 11 is 0. The minimum Gasteiger partial charge on any atom is -0.353 e. The van der Waals surface area contributed by atoms with Crippen LogP contribution in [0.3, 0.4) is 0 Å². The van der Waals surface area contributed by atoms with E-state index in [2.05, 4.69) is 20.5 Å². The van der Waals surface area contributed by atoms with Gasteiger partial charge in [-0.05, 0) is 37.1 Å². The minimum atomic E-state index is -0.368. The van der Waals surface area contributed by atoms with Crippen LogP contribution in [-0.4, -0.2) is 37.0 Å².